The number of carbonyl (C=O) groups is 2. The van der Waals surface area contributed by atoms with Gasteiger partial charge in [-0.15, -0.1) is 0 Å². The number of aryl methyl sites for hydroxylation is 1. The van der Waals surface area contributed by atoms with Crippen LogP contribution >= 0.6 is 11.6 Å². The molecule has 0 aliphatic heterocycles. The van der Waals surface area contributed by atoms with E-state index in [9.17, 15) is 18.0 Å². The number of rotatable bonds is 15. The van der Waals surface area contributed by atoms with Crippen LogP contribution in [0, 0.1) is 6.92 Å². The van der Waals surface area contributed by atoms with Gasteiger partial charge in [0.05, 0.1) is 17.2 Å². The number of nitrogens with zero attached hydrogens (tertiary/aromatic N) is 2. The Balaban J connectivity index is 1.81. The monoisotopic (exact) mass is 675 g/mol. The standard InChI is InChI=1S/C37H42ClN3O5S/c1-5-28(4)39-37(43)35(24-29-12-8-7-9-13-29)40(25-30-14-10-11-27(3)23-30)36(42)26-41(32-17-19-33(20-18-32)46-6-2)47(44,45)34-21-15-31(38)16-22-34/h7-23,28,35H,5-6,24-26H2,1-4H3,(H,39,43). The summed E-state index contributed by atoms with van der Waals surface area (Å²) in [5.74, 6) is -0.271. The minimum Gasteiger partial charge on any atom is -0.494 e. The van der Waals surface area contributed by atoms with Crippen LogP contribution in [0.1, 0.15) is 43.9 Å². The van der Waals surface area contributed by atoms with E-state index in [4.69, 9.17) is 16.3 Å². The van der Waals surface area contributed by atoms with E-state index < -0.39 is 28.5 Å². The van der Waals surface area contributed by atoms with Gasteiger partial charge in [-0.25, -0.2) is 8.42 Å². The van der Waals surface area contributed by atoms with E-state index in [0.717, 1.165) is 21.0 Å². The molecule has 0 fully saturated rings. The third-order valence-corrected chi connectivity index (χ3v) is 9.86. The molecule has 0 radical (unpaired) electrons. The summed E-state index contributed by atoms with van der Waals surface area (Å²) in [5.41, 5.74) is 2.97. The fraction of sp³-hybridized carbons (Fsp3) is 0.297. The molecular formula is C37H42ClN3O5S. The highest BCUT2D eigenvalue weighted by Crippen LogP contribution is 2.28. The minimum absolute atomic E-state index is 0.0239. The summed E-state index contributed by atoms with van der Waals surface area (Å²) in [6.45, 7) is 7.70. The van der Waals surface area contributed by atoms with E-state index in [1.165, 1.54) is 29.2 Å². The van der Waals surface area contributed by atoms with E-state index in [0.29, 0.717) is 23.8 Å². The maximum Gasteiger partial charge on any atom is 0.264 e. The second-order valence-electron chi connectivity index (χ2n) is 11.4. The number of sulfonamides is 1. The molecular weight excluding hydrogens is 634 g/mol. The molecule has 1 N–H and O–H groups in total. The lowest BCUT2D eigenvalue weighted by molar-refractivity contribution is -0.140. The summed E-state index contributed by atoms with van der Waals surface area (Å²) in [7, 11) is -4.25. The van der Waals surface area contributed by atoms with Gasteiger partial charge < -0.3 is 15.0 Å². The molecule has 0 spiro atoms. The predicted molar refractivity (Wildman–Crippen MR) is 187 cm³/mol. The zero-order chi connectivity index (χ0) is 34.0. The molecule has 0 saturated heterocycles. The largest absolute Gasteiger partial charge is 0.494 e. The average molecular weight is 676 g/mol. The highest BCUT2D eigenvalue weighted by Gasteiger charge is 2.35. The Labute approximate surface area is 283 Å². The highest BCUT2D eigenvalue weighted by atomic mass is 35.5. The lowest BCUT2D eigenvalue weighted by atomic mass is 10.0. The van der Waals surface area contributed by atoms with Crippen molar-refractivity contribution < 1.29 is 22.7 Å². The quantitative estimate of drug-likeness (QED) is 0.150. The maximum atomic E-state index is 14.6. The molecule has 2 amide bonds. The van der Waals surface area contributed by atoms with Crippen molar-refractivity contribution in [3.8, 4) is 5.75 Å². The normalized spacial score (nSPS) is 12.5. The van der Waals surface area contributed by atoms with Gasteiger partial charge in [0.25, 0.3) is 10.0 Å². The van der Waals surface area contributed by atoms with E-state index in [-0.39, 0.29) is 35.5 Å². The Morgan fingerprint density at radius 3 is 2.15 bits per heavy atom. The minimum atomic E-state index is -4.25. The first-order valence-electron chi connectivity index (χ1n) is 15.7. The summed E-state index contributed by atoms with van der Waals surface area (Å²) in [5, 5.41) is 3.44. The van der Waals surface area contributed by atoms with Crippen LogP contribution < -0.4 is 14.4 Å². The van der Waals surface area contributed by atoms with Crippen LogP contribution in [0.25, 0.3) is 0 Å². The number of benzene rings is 4. The van der Waals surface area contributed by atoms with E-state index in [1.807, 2.05) is 82.3 Å². The van der Waals surface area contributed by atoms with Crippen molar-refractivity contribution in [3.05, 3.63) is 125 Å². The fourth-order valence-electron chi connectivity index (χ4n) is 5.14. The van der Waals surface area contributed by atoms with Crippen LogP contribution in [0.3, 0.4) is 0 Å². The Bertz CT molecular complexity index is 1730. The molecule has 47 heavy (non-hydrogen) atoms. The van der Waals surface area contributed by atoms with Crippen molar-refractivity contribution in [1.29, 1.82) is 0 Å². The van der Waals surface area contributed by atoms with Crippen LogP contribution in [-0.2, 0) is 32.6 Å². The Morgan fingerprint density at radius 2 is 1.53 bits per heavy atom. The van der Waals surface area contributed by atoms with Crippen LogP contribution in [-0.4, -0.2) is 50.4 Å². The van der Waals surface area contributed by atoms with Gasteiger partial charge in [-0.05, 0) is 86.8 Å². The highest BCUT2D eigenvalue weighted by molar-refractivity contribution is 7.92. The molecule has 2 unspecified atom stereocenters. The summed E-state index contributed by atoms with van der Waals surface area (Å²) >= 11 is 6.08. The smallest absolute Gasteiger partial charge is 0.264 e. The first kappa shape index (κ1) is 35.5. The zero-order valence-corrected chi connectivity index (χ0v) is 28.8. The van der Waals surface area contributed by atoms with E-state index in [1.54, 1.807) is 24.3 Å². The summed E-state index contributed by atoms with van der Waals surface area (Å²) in [6.07, 6.45) is 0.953. The second-order valence-corrected chi connectivity index (χ2v) is 13.7. The first-order chi connectivity index (χ1) is 22.5. The van der Waals surface area contributed by atoms with Crippen molar-refractivity contribution in [1.82, 2.24) is 10.2 Å². The second kappa shape index (κ2) is 16.5. The van der Waals surface area contributed by atoms with Crippen molar-refractivity contribution >= 4 is 39.1 Å². The van der Waals surface area contributed by atoms with Gasteiger partial charge >= 0.3 is 0 Å². The fourth-order valence-corrected chi connectivity index (χ4v) is 6.68. The van der Waals surface area contributed by atoms with E-state index in [2.05, 4.69) is 5.32 Å². The average Bonchev–Trinajstić information content (AvgIpc) is 3.06. The molecule has 4 aromatic rings. The van der Waals surface area contributed by atoms with Gasteiger partial charge in [0, 0.05) is 24.0 Å². The van der Waals surface area contributed by atoms with Crippen LogP contribution in [0.5, 0.6) is 5.75 Å². The molecule has 0 heterocycles. The Morgan fingerprint density at radius 1 is 0.872 bits per heavy atom. The molecule has 4 aromatic carbocycles. The molecule has 2 atom stereocenters. The topological polar surface area (TPSA) is 96.0 Å². The van der Waals surface area contributed by atoms with Crippen LogP contribution in [0.15, 0.2) is 108 Å². The van der Waals surface area contributed by atoms with Crippen molar-refractivity contribution in [2.45, 2.75) is 64.1 Å². The number of anilines is 1. The zero-order valence-electron chi connectivity index (χ0n) is 27.2. The van der Waals surface area contributed by atoms with Gasteiger partial charge in [-0.3, -0.25) is 13.9 Å². The molecule has 4 rings (SSSR count). The lowest BCUT2D eigenvalue weighted by Gasteiger charge is -2.34. The van der Waals surface area contributed by atoms with Gasteiger partial charge in [-0.2, -0.15) is 0 Å². The van der Waals surface area contributed by atoms with Gasteiger partial charge in [0.15, 0.2) is 0 Å². The number of hydrogen-bond acceptors (Lipinski definition) is 5. The number of hydrogen-bond donors (Lipinski definition) is 1. The number of carbonyl (C=O) groups excluding carboxylic acids is 2. The maximum absolute atomic E-state index is 14.6. The first-order valence-corrected chi connectivity index (χ1v) is 17.5. The van der Waals surface area contributed by atoms with E-state index >= 15 is 0 Å². The summed E-state index contributed by atoms with van der Waals surface area (Å²) in [6, 6.07) is 28.5. The number of amides is 2. The molecule has 0 aliphatic rings. The van der Waals surface area contributed by atoms with Crippen LogP contribution in [0.4, 0.5) is 5.69 Å². The van der Waals surface area contributed by atoms with Crippen molar-refractivity contribution in [3.63, 3.8) is 0 Å². The molecule has 248 valence electrons. The predicted octanol–water partition coefficient (Wildman–Crippen LogP) is 6.80. The lowest BCUT2D eigenvalue weighted by Crippen LogP contribution is -2.54. The molecule has 10 heteroatoms. The van der Waals surface area contributed by atoms with Gasteiger partial charge in [-0.1, -0.05) is 78.7 Å². The molecule has 0 bridgehead atoms. The summed E-state index contributed by atoms with van der Waals surface area (Å²) in [4.78, 5) is 30.0. The molecule has 0 aromatic heterocycles. The van der Waals surface area contributed by atoms with Crippen molar-refractivity contribution in [2.24, 2.45) is 0 Å². The Kier molecular flexibility index (Phi) is 12.4. The SMILES string of the molecule is CCOc1ccc(N(CC(=O)N(Cc2cccc(C)c2)C(Cc2ccccc2)C(=O)NC(C)CC)S(=O)(=O)c2ccc(Cl)cc2)cc1. The van der Waals surface area contributed by atoms with Crippen LogP contribution in [0.2, 0.25) is 5.02 Å². The van der Waals surface area contributed by atoms with Gasteiger partial charge in [0.2, 0.25) is 11.8 Å². The number of nitrogens with one attached hydrogen (secondary N) is 1. The Hall–Kier alpha value is -4.34. The number of ether oxygens (including phenoxy) is 1. The third kappa shape index (κ3) is 9.59. The van der Waals surface area contributed by atoms with Crippen molar-refractivity contribution in [2.75, 3.05) is 17.5 Å². The molecule has 8 nitrogen and oxygen atoms in total. The molecule has 0 aliphatic carbocycles. The number of halogens is 1. The molecule has 0 saturated carbocycles. The summed E-state index contributed by atoms with van der Waals surface area (Å²) < 4.78 is 35.0. The van der Waals surface area contributed by atoms with Gasteiger partial charge in [0.1, 0.15) is 18.3 Å². The third-order valence-electron chi connectivity index (χ3n) is 7.82.